The lowest BCUT2D eigenvalue weighted by Gasteiger charge is -2.14. The van der Waals surface area contributed by atoms with Crippen molar-refractivity contribution in [2.75, 3.05) is 0 Å². The summed E-state index contributed by atoms with van der Waals surface area (Å²) < 4.78 is 11.5. The predicted octanol–water partition coefficient (Wildman–Crippen LogP) is 5.63. The molecule has 6 nitrogen and oxygen atoms in total. The molecule has 31 heavy (non-hydrogen) atoms. The fourth-order valence-corrected chi connectivity index (χ4v) is 3.66. The third kappa shape index (κ3) is 3.38. The summed E-state index contributed by atoms with van der Waals surface area (Å²) in [7, 11) is 0. The first-order valence-electron chi connectivity index (χ1n) is 9.81. The van der Waals surface area contributed by atoms with E-state index in [1.54, 1.807) is 6.07 Å². The summed E-state index contributed by atoms with van der Waals surface area (Å²) in [5.41, 5.74) is 3.60. The molecule has 6 heteroatoms. The molecular weight excluding hydrogens is 392 g/mol. The number of carboxylic acid groups (broad SMARTS) is 1. The Bertz CT molecular complexity index is 1420. The van der Waals surface area contributed by atoms with Gasteiger partial charge in [-0.25, -0.2) is 9.78 Å². The third-order valence-corrected chi connectivity index (χ3v) is 5.21. The molecule has 0 fully saturated rings. The Hall–Kier alpha value is -4.19. The minimum absolute atomic E-state index is 0.104. The number of benzene rings is 3. The summed E-state index contributed by atoms with van der Waals surface area (Å²) >= 11 is 0. The number of hydrogen-bond donors (Lipinski definition) is 1. The van der Waals surface area contributed by atoms with Crippen LogP contribution < -0.4 is 4.74 Å². The molecule has 5 aromatic rings. The summed E-state index contributed by atoms with van der Waals surface area (Å²) in [6.07, 6.45) is 0. The van der Waals surface area contributed by atoms with Crippen molar-refractivity contribution in [3.05, 3.63) is 89.5 Å². The van der Waals surface area contributed by atoms with E-state index < -0.39 is 5.97 Å². The molecule has 0 unspecified atom stereocenters. The van der Waals surface area contributed by atoms with Crippen molar-refractivity contribution in [2.24, 2.45) is 0 Å². The fourth-order valence-electron chi connectivity index (χ4n) is 3.66. The van der Waals surface area contributed by atoms with Gasteiger partial charge in [0.1, 0.15) is 23.6 Å². The van der Waals surface area contributed by atoms with Gasteiger partial charge in [0.25, 0.3) is 0 Å². The molecule has 152 valence electrons. The van der Waals surface area contributed by atoms with Crippen LogP contribution in [0, 0.1) is 6.92 Å². The smallest absolute Gasteiger partial charge is 0.336 e. The Balaban J connectivity index is 1.68. The molecule has 0 radical (unpaired) electrons. The number of carbonyl (C=O) groups is 1. The van der Waals surface area contributed by atoms with E-state index in [0.29, 0.717) is 40.2 Å². The van der Waals surface area contributed by atoms with E-state index in [1.165, 1.54) is 6.07 Å². The van der Waals surface area contributed by atoms with Crippen LogP contribution >= 0.6 is 0 Å². The Morgan fingerprint density at radius 1 is 1.03 bits per heavy atom. The van der Waals surface area contributed by atoms with Crippen molar-refractivity contribution in [1.82, 2.24) is 10.1 Å². The summed E-state index contributed by atoms with van der Waals surface area (Å²) in [6, 6.07) is 22.4. The van der Waals surface area contributed by atoms with Crippen molar-refractivity contribution >= 4 is 27.8 Å². The summed E-state index contributed by atoms with van der Waals surface area (Å²) in [5, 5.41) is 15.3. The first kappa shape index (κ1) is 18.8. The number of carboxylic acids is 1. The van der Waals surface area contributed by atoms with Gasteiger partial charge in [0.15, 0.2) is 5.76 Å². The van der Waals surface area contributed by atoms with Crippen LogP contribution in [0.4, 0.5) is 0 Å². The highest BCUT2D eigenvalue weighted by atomic mass is 16.5. The number of pyridine rings is 1. The number of nitrogens with zero attached hydrogens (tertiary/aromatic N) is 2. The van der Waals surface area contributed by atoms with Gasteiger partial charge in [0, 0.05) is 0 Å². The van der Waals surface area contributed by atoms with E-state index in [1.807, 2.05) is 67.6 Å². The molecule has 3 aromatic carbocycles. The maximum absolute atomic E-state index is 12.2. The first-order valence-corrected chi connectivity index (χ1v) is 9.81. The molecule has 0 saturated carbocycles. The second-order valence-corrected chi connectivity index (χ2v) is 7.27. The van der Waals surface area contributed by atoms with Crippen LogP contribution in [0.1, 0.15) is 21.5 Å². The van der Waals surface area contributed by atoms with E-state index >= 15 is 0 Å². The quantitative estimate of drug-likeness (QED) is 0.404. The molecule has 0 atom stereocenters. The molecule has 5 rings (SSSR count). The molecule has 2 heterocycles. The van der Waals surface area contributed by atoms with Crippen molar-refractivity contribution in [1.29, 1.82) is 0 Å². The average molecular weight is 410 g/mol. The Morgan fingerprint density at radius 2 is 1.81 bits per heavy atom. The van der Waals surface area contributed by atoms with E-state index in [4.69, 9.17) is 14.2 Å². The number of rotatable bonds is 5. The summed E-state index contributed by atoms with van der Waals surface area (Å²) in [5.74, 6) is -0.147. The van der Waals surface area contributed by atoms with Crippen molar-refractivity contribution in [3.8, 4) is 17.2 Å². The molecule has 0 aliphatic rings. The van der Waals surface area contributed by atoms with Crippen LogP contribution in [0.2, 0.25) is 0 Å². The van der Waals surface area contributed by atoms with E-state index in [2.05, 4.69) is 5.16 Å². The third-order valence-electron chi connectivity index (χ3n) is 5.21. The van der Waals surface area contributed by atoms with Crippen LogP contribution in [0.25, 0.3) is 33.3 Å². The number of aryl methyl sites for hydroxylation is 1. The lowest BCUT2D eigenvalue weighted by Crippen LogP contribution is -2.04. The van der Waals surface area contributed by atoms with Gasteiger partial charge < -0.3 is 14.4 Å². The molecule has 1 N–H and O–H groups in total. The van der Waals surface area contributed by atoms with E-state index in [-0.39, 0.29) is 5.56 Å². The largest absolute Gasteiger partial charge is 0.488 e. The zero-order valence-electron chi connectivity index (χ0n) is 16.7. The molecule has 0 aliphatic carbocycles. The standard InChI is InChI=1S/C25H18N2O4/c1-15-11-12-21(30-14-16-7-3-2-4-8-16)22-18(25(28)29)13-20(26-23(15)22)24-17-9-5-6-10-19(17)27-31-24/h2-13H,14H2,1H3,(H,28,29). The predicted molar refractivity (Wildman–Crippen MR) is 117 cm³/mol. The van der Waals surface area contributed by atoms with Crippen LogP contribution in [0.3, 0.4) is 0 Å². The van der Waals surface area contributed by atoms with Crippen LogP contribution in [-0.4, -0.2) is 21.2 Å². The fraction of sp³-hybridized carbons (Fsp3) is 0.0800. The van der Waals surface area contributed by atoms with Crippen molar-refractivity contribution in [2.45, 2.75) is 13.5 Å². The van der Waals surface area contributed by atoms with Gasteiger partial charge in [-0.05, 0) is 42.3 Å². The van der Waals surface area contributed by atoms with Crippen LogP contribution in [0.15, 0.2) is 77.3 Å². The van der Waals surface area contributed by atoms with Gasteiger partial charge in [-0.2, -0.15) is 0 Å². The Kier molecular flexibility index (Phi) is 4.59. The van der Waals surface area contributed by atoms with Gasteiger partial charge in [0.2, 0.25) is 0 Å². The lowest BCUT2D eigenvalue weighted by atomic mass is 10.0. The number of ether oxygens (including phenoxy) is 1. The van der Waals surface area contributed by atoms with Gasteiger partial charge in [-0.15, -0.1) is 0 Å². The molecule has 2 aromatic heterocycles. The van der Waals surface area contributed by atoms with Crippen molar-refractivity contribution in [3.63, 3.8) is 0 Å². The Morgan fingerprint density at radius 3 is 2.61 bits per heavy atom. The molecule has 0 spiro atoms. The second kappa shape index (κ2) is 7.57. The molecule has 0 saturated heterocycles. The lowest BCUT2D eigenvalue weighted by molar-refractivity contribution is 0.0698. The van der Waals surface area contributed by atoms with E-state index in [9.17, 15) is 9.90 Å². The van der Waals surface area contributed by atoms with Gasteiger partial charge >= 0.3 is 5.97 Å². The minimum Gasteiger partial charge on any atom is -0.488 e. The van der Waals surface area contributed by atoms with Gasteiger partial charge in [-0.1, -0.05) is 53.7 Å². The second-order valence-electron chi connectivity index (χ2n) is 7.27. The number of aromatic nitrogens is 2. The van der Waals surface area contributed by atoms with Gasteiger partial charge in [0.05, 0.1) is 21.9 Å². The van der Waals surface area contributed by atoms with Gasteiger partial charge in [-0.3, -0.25) is 0 Å². The highest BCUT2D eigenvalue weighted by Gasteiger charge is 2.21. The Labute approximate surface area is 177 Å². The molecule has 0 bridgehead atoms. The topological polar surface area (TPSA) is 85.5 Å². The van der Waals surface area contributed by atoms with E-state index in [0.717, 1.165) is 16.5 Å². The highest BCUT2D eigenvalue weighted by molar-refractivity contribution is 6.07. The highest BCUT2D eigenvalue weighted by Crippen LogP contribution is 2.35. The number of fused-ring (bicyclic) bond motifs is 2. The molecule has 0 amide bonds. The zero-order valence-corrected chi connectivity index (χ0v) is 16.7. The summed E-state index contributed by atoms with van der Waals surface area (Å²) in [4.78, 5) is 17.0. The maximum Gasteiger partial charge on any atom is 0.336 e. The average Bonchev–Trinajstić information content (AvgIpc) is 3.23. The molecule has 0 aliphatic heterocycles. The molecular formula is C25H18N2O4. The van der Waals surface area contributed by atoms with Crippen LogP contribution in [0.5, 0.6) is 5.75 Å². The van der Waals surface area contributed by atoms with Crippen LogP contribution in [-0.2, 0) is 6.61 Å². The first-order chi connectivity index (χ1) is 15.1. The SMILES string of the molecule is Cc1ccc(OCc2ccccc2)c2c(C(=O)O)cc(-c3onc4ccccc34)nc12. The normalized spacial score (nSPS) is 11.1. The number of aromatic carboxylic acids is 1. The van der Waals surface area contributed by atoms with Crippen molar-refractivity contribution < 1.29 is 19.2 Å². The monoisotopic (exact) mass is 410 g/mol. The number of hydrogen-bond acceptors (Lipinski definition) is 5. The summed E-state index contributed by atoms with van der Waals surface area (Å²) in [6.45, 7) is 2.22. The minimum atomic E-state index is -1.06. The zero-order chi connectivity index (χ0) is 21.4. The maximum atomic E-state index is 12.2.